The lowest BCUT2D eigenvalue weighted by atomic mass is 9.86. The molecule has 0 N–H and O–H groups in total. The van der Waals surface area contributed by atoms with Gasteiger partial charge >= 0.3 is 0 Å². The summed E-state index contributed by atoms with van der Waals surface area (Å²) in [5.74, 6) is 0.0263. The molecule has 28 heavy (non-hydrogen) atoms. The molecule has 3 rings (SSSR count). The van der Waals surface area contributed by atoms with E-state index < -0.39 is 9.84 Å². The molecule has 1 aliphatic rings. The van der Waals surface area contributed by atoms with Crippen LogP contribution in [0.5, 0.6) is 0 Å². The van der Waals surface area contributed by atoms with Crippen molar-refractivity contribution in [1.82, 2.24) is 4.90 Å². The number of hydrogen-bond acceptors (Lipinski definition) is 3. The van der Waals surface area contributed by atoms with Crippen molar-refractivity contribution in [3.8, 4) is 0 Å². The van der Waals surface area contributed by atoms with Crippen LogP contribution >= 0.6 is 15.9 Å². The number of amides is 1. The standard InChI is InChI=1S/C22H26BrNO3S/c1-22(2,3)17-10-8-16(9-11-17)14-24(18-12-13-28(26,27)15-18)21(25)19-6-4-5-7-20(19)23/h4-11,18H,12-15H2,1-3H3. The Labute approximate surface area is 176 Å². The van der Waals surface area contributed by atoms with Gasteiger partial charge in [0.25, 0.3) is 5.91 Å². The highest BCUT2D eigenvalue weighted by atomic mass is 79.9. The second kappa shape index (κ2) is 7.99. The molecule has 1 aliphatic heterocycles. The van der Waals surface area contributed by atoms with Crippen LogP contribution in [0.25, 0.3) is 0 Å². The van der Waals surface area contributed by atoms with Gasteiger partial charge in [0.1, 0.15) is 0 Å². The van der Waals surface area contributed by atoms with Crippen molar-refractivity contribution >= 4 is 31.7 Å². The Morgan fingerprint density at radius 2 is 1.75 bits per heavy atom. The van der Waals surface area contributed by atoms with Gasteiger partial charge in [0.05, 0.1) is 17.1 Å². The zero-order chi connectivity index (χ0) is 20.5. The predicted molar refractivity (Wildman–Crippen MR) is 116 cm³/mol. The van der Waals surface area contributed by atoms with Gasteiger partial charge in [0.2, 0.25) is 0 Å². The number of benzene rings is 2. The third kappa shape index (κ3) is 4.84. The molecule has 1 amide bonds. The number of sulfone groups is 1. The first-order chi connectivity index (χ1) is 13.1. The number of carbonyl (C=O) groups excluding carboxylic acids is 1. The van der Waals surface area contributed by atoms with Crippen LogP contribution in [-0.2, 0) is 21.8 Å². The van der Waals surface area contributed by atoms with E-state index in [4.69, 9.17) is 0 Å². The van der Waals surface area contributed by atoms with Crippen molar-refractivity contribution in [2.75, 3.05) is 11.5 Å². The quantitative estimate of drug-likeness (QED) is 0.666. The van der Waals surface area contributed by atoms with E-state index in [1.165, 1.54) is 5.56 Å². The zero-order valence-electron chi connectivity index (χ0n) is 16.5. The predicted octanol–water partition coefficient (Wildman–Crippen LogP) is 4.58. The minimum absolute atomic E-state index is 0.0310. The van der Waals surface area contributed by atoms with Crippen molar-refractivity contribution in [3.05, 3.63) is 69.7 Å². The molecule has 150 valence electrons. The average Bonchev–Trinajstić information content (AvgIpc) is 2.99. The minimum atomic E-state index is -3.09. The fourth-order valence-corrected chi connectivity index (χ4v) is 5.67. The van der Waals surface area contributed by atoms with Crippen LogP contribution in [0.1, 0.15) is 48.7 Å². The van der Waals surface area contributed by atoms with E-state index in [2.05, 4.69) is 48.8 Å². The maximum Gasteiger partial charge on any atom is 0.255 e. The number of carbonyl (C=O) groups is 1. The SMILES string of the molecule is CC(C)(C)c1ccc(CN(C(=O)c2ccccc2Br)C2CCS(=O)(=O)C2)cc1. The molecule has 2 aromatic carbocycles. The fourth-order valence-electron chi connectivity index (χ4n) is 3.48. The van der Waals surface area contributed by atoms with Gasteiger partial charge in [-0.2, -0.15) is 0 Å². The first-order valence-electron chi connectivity index (χ1n) is 9.42. The van der Waals surface area contributed by atoms with Crippen LogP contribution in [-0.4, -0.2) is 36.8 Å². The number of hydrogen-bond donors (Lipinski definition) is 0. The lowest BCUT2D eigenvalue weighted by Gasteiger charge is -2.29. The minimum Gasteiger partial charge on any atom is -0.330 e. The smallest absolute Gasteiger partial charge is 0.255 e. The summed E-state index contributed by atoms with van der Waals surface area (Å²) in [6.45, 7) is 6.88. The molecular formula is C22H26BrNO3S. The molecule has 0 aliphatic carbocycles. The van der Waals surface area contributed by atoms with Gasteiger partial charge in [-0.05, 0) is 51.0 Å². The van der Waals surface area contributed by atoms with Gasteiger partial charge in [-0.15, -0.1) is 0 Å². The molecular weight excluding hydrogens is 438 g/mol. The van der Waals surface area contributed by atoms with Crippen molar-refractivity contribution in [1.29, 1.82) is 0 Å². The van der Waals surface area contributed by atoms with Gasteiger partial charge in [-0.1, -0.05) is 57.2 Å². The molecule has 0 radical (unpaired) electrons. The normalized spacial score (nSPS) is 18.8. The topological polar surface area (TPSA) is 54.5 Å². The fraction of sp³-hybridized carbons (Fsp3) is 0.409. The van der Waals surface area contributed by atoms with Crippen LogP contribution in [0.15, 0.2) is 53.0 Å². The van der Waals surface area contributed by atoms with Crippen LogP contribution in [0.3, 0.4) is 0 Å². The van der Waals surface area contributed by atoms with E-state index in [0.717, 1.165) is 5.56 Å². The molecule has 0 saturated carbocycles. The summed E-state index contributed by atoms with van der Waals surface area (Å²) in [4.78, 5) is 15.0. The summed E-state index contributed by atoms with van der Waals surface area (Å²) >= 11 is 3.45. The maximum atomic E-state index is 13.3. The zero-order valence-corrected chi connectivity index (χ0v) is 18.9. The van der Waals surface area contributed by atoms with Gasteiger partial charge in [0, 0.05) is 17.1 Å². The summed E-state index contributed by atoms with van der Waals surface area (Å²) in [5.41, 5.74) is 2.84. The summed E-state index contributed by atoms with van der Waals surface area (Å²) in [5, 5.41) is 0. The van der Waals surface area contributed by atoms with E-state index in [-0.39, 0.29) is 28.9 Å². The lowest BCUT2D eigenvalue weighted by molar-refractivity contribution is 0.0680. The Morgan fingerprint density at radius 3 is 2.29 bits per heavy atom. The number of halogens is 1. The summed E-state index contributed by atoms with van der Waals surface area (Å²) in [7, 11) is -3.09. The van der Waals surface area contributed by atoms with Crippen molar-refractivity contribution in [2.45, 2.75) is 45.2 Å². The number of nitrogens with zero attached hydrogens (tertiary/aromatic N) is 1. The van der Waals surface area contributed by atoms with Crippen molar-refractivity contribution in [3.63, 3.8) is 0 Å². The second-order valence-electron chi connectivity index (χ2n) is 8.42. The maximum absolute atomic E-state index is 13.3. The highest BCUT2D eigenvalue weighted by Crippen LogP contribution is 2.27. The molecule has 1 heterocycles. The van der Waals surface area contributed by atoms with Crippen LogP contribution in [0, 0.1) is 0 Å². The third-order valence-electron chi connectivity index (χ3n) is 5.19. The Balaban J connectivity index is 1.91. The van der Waals surface area contributed by atoms with E-state index in [1.807, 2.05) is 30.3 Å². The molecule has 0 aromatic heterocycles. The van der Waals surface area contributed by atoms with Gasteiger partial charge in [0.15, 0.2) is 9.84 Å². The summed E-state index contributed by atoms with van der Waals surface area (Å²) in [6, 6.07) is 15.2. The van der Waals surface area contributed by atoms with Crippen LogP contribution in [0.4, 0.5) is 0 Å². The first-order valence-corrected chi connectivity index (χ1v) is 12.0. The lowest BCUT2D eigenvalue weighted by Crippen LogP contribution is -2.40. The largest absolute Gasteiger partial charge is 0.330 e. The summed E-state index contributed by atoms with van der Waals surface area (Å²) in [6.07, 6.45) is 0.485. The number of rotatable bonds is 4. The monoisotopic (exact) mass is 463 g/mol. The molecule has 4 nitrogen and oxygen atoms in total. The van der Waals surface area contributed by atoms with E-state index >= 15 is 0 Å². The van der Waals surface area contributed by atoms with Gasteiger partial charge < -0.3 is 4.90 Å². The second-order valence-corrected chi connectivity index (χ2v) is 11.5. The average molecular weight is 464 g/mol. The molecule has 0 spiro atoms. The molecule has 1 saturated heterocycles. The van der Waals surface area contributed by atoms with Crippen LogP contribution < -0.4 is 0 Å². The van der Waals surface area contributed by atoms with Gasteiger partial charge in [-0.25, -0.2) is 8.42 Å². The molecule has 1 unspecified atom stereocenters. The molecule has 6 heteroatoms. The van der Waals surface area contributed by atoms with E-state index in [0.29, 0.717) is 23.0 Å². The Morgan fingerprint density at radius 1 is 1.11 bits per heavy atom. The van der Waals surface area contributed by atoms with Crippen molar-refractivity contribution in [2.24, 2.45) is 0 Å². The van der Waals surface area contributed by atoms with Crippen molar-refractivity contribution < 1.29 is 13.2 Å². The Hall–Kier alpha value is -1.66. The highest BCUT2D eigenvalue weighted by Gasteiger charge is 2.35. The molecule has 1 fully saturated rings. The van der Waals surface area contributed by atoms with E-state index in [1.54, 1.807) is 11.0 Å². The molecule has 1 atom stereocenters. The first kappa shape index (κ1) is 21.1. The Kier molecular flexibility index (Phi) is 6.01. The third-order valence-corrected chi connectivity index (χ3v) is 7.63. The summed E-state index contributed by atoms with van der Waals surface area (Å²) < 4.78 is 24.8. The highest BCUT2D eigenvalue weighted by molar-refractivity contribution is 9.10. The molecule has 0 bridgehead atoms. The van der Waals surface area contributed by atoms with E-state index in [9.17, 15) is 13.2 Å². The van der Waals surface area contributed by atoms with Crippen LogP contribution in [0.2, 0.25) is 0 Å². The van der Waals surface area contributed by atoms with Gasteiger partial charge in [-0.3, -0.25) is 4.79 Å². The Bertz CT molecular complexity index is 962. The molecule has 2 aromatic rings.